The number of carbonyl (C=O) groups is 2. The van der Waals surface area contributed by atoms with Crippen LogP contribution in [0.1, 0.15) is 31.7 Å². The second-order valence-electron chi connectivity index (χ2n) is 36.2. The number of nitrogens with zero attached hydrogens (tertiary/aromatic N) is 8. The van der Waals surface area contributed by atoms with Gasteiger partial charge < -0.3 is 29.6 Å². The Balaban J connectivity index is 0.000000136. The van der Waals surface area contributed by atoms with E-state index in [0.717, 1.165) is 145 Å². The Kier molecular flexibility index (Phi) is 19.9. The number of rotatable bonds is 14. The standard InChI is InChI=1S/2C61H37N4.C5H8O2.Ir/c2*1-37-36-62-60-52-34-46(64(44-18-4-2-5-19-44)54-32-42-16-8-12-38-24-26-40-14-10-22-50(54)58(40)56(38)42)28-30-48(52)49-31-29-47(35-53(49)61(60)63-37)65(45-20-6-3-7-21-45)55-33-43-17-9-13-39-25-27-41-15-11-23-51(55)59(41)57(39)43;1-4(6)3-5(2)7;/h2*2-33,35-36H,1H3;3H2,1-2H3;/q2*-1;;+3. The van der Waals surface area contributed by atoms with Crippen LogP contribution in [0.15, 0.2) is 413 Å². The van der Waals surface area contributed by atoms with E-state index in [9.17, 15) is 9.59 Å². The van der Waals surface area contributed by atoms with Crippen LogP contribution in [0, 0.1) is 26.0 Å². The molecule has 11 heteroatoms. The number of hydrogen-bond donors (Lipinski definition) is 0. The number of ketones is 2. The molecular formula is C127H82IrN8O2+. The van der Waals surface area contributed by atoms with E-state index in [1.807, 2.05) is 26.2 Å². The minimum atomic E-state index is -0.0625. The van der Waals surface area contributed by atoms with Crippen LogP contribution in [0.4, 0.5) is 68.2 Å². The predicted molar refractivity (Wildman–Crippen MR) is 576 cm³/mol. The fourth-order valence-electron chi connectivity index (χ4n) is 22.0. The summed E-state index contributed by atoms with van der Waals surface area (Å²) < 4.78 is 0. The molecule has 0 aliphatic rings. The Bertz CT molecular complexity index is 9230. The molecule has 28 aromatic rings. The maximum absolute atomic E-state index is 10.0. The second-order valence-corrected chi connectivity index (χ2v) is 36.2. The molecule has 0 atom stereocenters. The Morgan fingerprint density at radius 1 is 0.232 bits per heavy atom. The topological polar surface area (TPSA) is 98.7 Å². The third-order valence-electron chi connectivity index (χ3n) is 27.7. The Morgan fingerprint density at radius 3 is 0.783 bits per heavy atom. The summed E-state index contributed by atoms with van der Waals surface area (Å²) >= 11 is 0. The monoisotopic (exact) mass is 1940 g/mol. The summed E-state index contributed by atoms with van der Waals surface area (Å²) in [5.74, 6) is -0.125. The first-order valence-corrected chi connectivity index (χ1v) is 46.6. The summed E-state index contributed by atoms with van der Waals surface area (Å²) in [6.45, 7) is 6.86. The van der Waals surface area contributed by atoms with Gasteiger partial charge in [0.25, 0.3) is 0 Å². The van der Waals surface area contributed by atoms with Crippen LogP contribution >= 0.6 is 0 Å². The number of aromatic nitrogens is 4. The van der Waals surface area contributed by atoms with Gasteiger partial charge in [-0.15, -0.1) is 47.2 Å². The van der Waals surface area contributed by atoms with Crippen LogP contribution in [-0.4, -0.2) is 31.5 Å². The number of benzene rings is 26. The smallest absolute Gasteiger partial charge is 0.328 e. The van der Waals surface area contributed by atoms with Crippen molar-refractivity contribution in [1.82, 2.24) is 19.9 Å². The Hall–Kier alpha value is -17.2. The fourth-order valence-corrected chi connectivity index (χ4v) is 22.0. The van der Waals surface area contributed by atoms with Gasteiger partial charge in [-0.2, -0.15) is 0 Å². The summed E-state index contributed by atoms with van der Waals surface area (Å²) in [4.78, 5) is 50.5. The normalized spacial score (nSPS) is 11.8. The van der Waals surface area contributed by atoms with Crippen molar-refractivity contribution in [3.8, 4) is 0 Å². The summed E-state index contributed by atoms with van der Waals surface area (Å²) in [6, 6.07) is 154. The SMILES string of the molecule is CC(=O)CC(C)=O.Cc1cnc2c3[c-]c(N(c4ccccc4)c4cc5cccc6ccc7cccc4c7c65)ccc3c3ccc(N(c4ccccc4)c4cc5cccc6ccc7cccc4c7c65)cc3c2n1.Cc1cnc2c3[c-]c(N(c4ccccc4)c4cc5cccc6ccc7cccc4c7c65)ccc3c3ccc(N(c4ccccc4)c4cc5cccc6ccc7cccc4c7c65)cc3c2n1.[Ir+3]. The summed E-state index contributed by atoms with van der Waals surface area (Å²) in [5.41, 5.74) is 17.8. The minimum absolute atomic E-state index is 0. The molecule has 0 spiro atoms. The Labute approximate surface area is 807 Å². The zero-order valence-electron chi connectivity index (χ0n) is 75.7. The van der Waals surface area contributed by atoms with Crippen LogP contribution in [0.2, 0.25) is 0 Å². The van der Waals surface area contributed by atoms with Gasteiger partial charge in [0, 0.05) is 79.1 Å². The zero-order chi connectivity index (χ0) is 91.4. The van der Waals surface area contributed by atoms with E-state index >= 15 is 0 Å². The van der Waals surface area contributed by atoms with Gasteiger partial charge in [-0.05, 0) is 255 Å². The van der Waals surface area contributed by atoms with Crippen molar-refractivity contribution in [2.24, 2.45) is 0 Å². The van der Waals surface area contributed by atoms with Gasteiger partial charge >= 0.3 is 20.1 Å². The average Bonchev–Trinajstić information content (AvgIpc) is 0.725. The summed E-state index contributed by atoms with van der Waals surface area (Å²) in [7, 11) is 0. The van der Waals surface area contributed by atoms with Crippen LogP contribution in [-0.2, 0) is 29.7 Å². The first kappa shape index (κ1) is 82.7. The van der Waals surface area contributed by atoms with Gasteiger partial charge in [-0.1, -0.05) is 301 Å². The molecule has 0 fully saturated rings. The molecule has 10 nitrogen and oxygen atoms in total. The zero-order valence-corrected chi connectivity index (χ0v) is 78.1. The first-order valence-electron chi connectivity index (χ1n) is 46.6. The van der Waals surface area contributed by atoms with Crippen LogP contribution in [0.3, 0.4) is 0 Å². The molecule has 0 unspecified atom stereocenters. The maximum Gasteiger partial charge on any atom is 3.00 e. The van der Waals surface area contributed by atoms with Gasteiger partial charge in [0.1, 0.15) is 11.6 Å². The Morgan fingerprint density at radius 2 is 0.493 bits per heavy atom. The molecule has 650 valence electrons. The van der Waals surface area contributed by atoms with Crippen molar-refractivity contribution in [1.29, 1.82) is 0 Å². The molecule has 0 aliphatic heterocycles. The summed E-state index contributed by atoms with van der Waals surface area (Å²) in [5, 5.41) is 38.3. The van der Waals surface area contributed by atoms with E-state index in [1.54, 1.807) is 0 Å². The fraction of sp³-hybridized carbons (Fsp3) is 0.0394. The number of anilines is 12. The molecule has 0 saturated heterocycles. The van der Waals surface area contributed by atoms with Gasteiger partial charge in [-0.25, -0.2) is 0 Å². The molecule has 0 radical (unpaired) electrons. The van der Waals surface area contributed by atoms with Gasteiger partial charge in [-0.3, -0.25) is 19.6 Å². The van der Waals surface area contributed by atoms with Crippen molar-refractivity contribution in [2.45, 2.75) is 34.1 Å². The number of hydrogen-bond acceptors (Lipinski definition) is 10. The van der Waals surface area contributed by atoms with E-state index in [0.29, 0.717) is 0 Å². The number of para-hydroxylation sites is 4. The molecule has 0 amide bonds. The van der Waals surface area contributed by atoms with E-state index < -0.39 is 0 Å². The van der Waals surface area contributed by atoms with Crippen LogP contribution in [0.25, 0.3) is 194 Å². The van der Waals surface area contributed by atoms with E-state index in [1.165, 1.54) is 143 Å². The van der Waals surface area contributed by atoms with Gasteiger partial charge in [0.15, 0.2) is 0 Å². The number of aryl methyl sites for hydroxylation is 2. The molecule has 28 rings (SSSR count). The molecular weight excluding hydrogens is 1860 g/mol. The average molecular weight is 1940 g/mol. The minimum Gasteiger partial charge on any atom is -0.328 e. The quantitative estimate of drug-likeness (QED) is 0.0595. The van der Waals surface area contributed by atoms with E-state index in [4.69, 9.17) is 19.9 Å². The molecule has 2 aromatic heterocycles. The van der Waals surface area contributed by atoms with Crippen molar-refractivity contribution < 1.29 is 29.7 Å². The molecule has 0 bridgehead atoms. The molecule has 0 saturated carbocycles. The molecule has 138 heavy (non-hydrogen) atoms. The van der Waals surface area contributed by atoms with Crippen molar-refractivity contribution in [3.63, 3.8) is 0 Å². The van der Waals surface area contributed by atoms with E-state index in [2.05, 4.69) is 432 Å². The largest absolute Gasteiger partial charge is 3.00 e. The van der Waals surface area contributed by atoms with Gasteiger partial charge in [0.2, 0.25) is 0 Å². The van der Waals surface area contributed by atoms with E-state index in [-0.39, 0.29) is 38.1 Å². The second kappa shape index (κ2) is 33.2. The molecule has 2 heterocycles. The van der Waals surface area contributed by atoms with Crippen LogP contribution < -0.4 is 19.6 Å². The van der Waals surface area contributed by atoms with Crippen molar-refractivity contribution >= 4 is 274 Å². The number of carbonyl (C=O) groups excluding carboxylic acids is 2. The van der Waals surface area contributed by atoms with Crippen molar-refractivity contribution in [3.05, 3.63) is 436 Å². The van der Waals surface area contributed by atoms with Gasteiger partial charge in [0.05, 0.1) is 51.6 Å². The third-order valence-corrected chi connectivity index (χ3v) is 27.7. The first-order chi connectivity index (χ1) is 67.4. The number of Topliss-reactive ketones (excluding diaryl/α,β-unsaturated/α-hetero) is 2. The number of fused-ring (bicyclic) bond motifs is 12. The molecule has 0 N–H and O–H groups in total. The molecule has 0 aliphatic carbocycles. The summed E-state index contributed by atoms with van der Waals surface area (Å²) in [6.07, 6.45) is 3.85. The van der Waals surface area contributed by atoms with Crippen molar-refractivity contribution in [2.75, 3.05) is 19.6 Å². The maximum atomic E-state index is 10.0. The predicted octanol–water partition coefficient (Wildman–Crippen LogP) is 34.1. The molecule has 26 aromatic carbocycles. The van der Waals surface area contributed by atoms with Crippen LogP contribution in [0.5, 0.6) is 0 Å². The third kappa shape index (κ3) is 13.5.